The van der Waals surface area contributed by atoms with Crippen LogP contribution in [0.4, 0.5) is 21.5 Å². The van der Waals surface area contributed by atoms with Gasteiger partial charge in [-0.1, -0.05) is 6.07 Å². The van der Waals surface area contributed by atoms with Crippen molar-refractivity contribution in [3.8, 4) is 5.75 Å². The van der Waals surface area contributed by atoms with Crippen LogP contribution in [0.25, 0.3) is 0 Å². The van der Waals surface area contributed by atoms with Crippen LogP contribution in [0.1, 0.15) is 32.1 Å². The number of rotatable bonds is 8. The number of hydrogen-bond donors (Lipinski definition) is 2. The van der Waals surface area contributed by atoms with Gasteiger partial charge in [-0.2, -0.15) is 0 Å². The van der Waals surface area contributed by atoms with Crippen LogP contribution in [0.2, 0.25) is 0 Å². The molecule has 0 radical (unpaired) electrons. The lowest BCUT2D eigenvalue weighted by Crippen LogP contribution is -2.36. The van der Waals surface area contributed by atoms with Gasteiger partial charge < -0.3 is 25.0 Å². The molecule has 2 amide bonds. The number of benzene rings is 2. The van der Waals surface area contributed by atoms with Gasteiger partial charge in [0.05, 0.1) is 42.0 Å². The predicted molar refractivity (Wildman–Crippen MR) is 149 cm³/mol. The molecule has 0 saturated carbocycles. The van der Waals surface area contributed by atoms with Crippen molar-refractivity contribution < 1.29 is 23.5 Å². The summed E-state index contributed by atoms with van der Waals surface area (Å²) in [5.41, 5.74) is 3.26. The Hall–Kier alpha value is -4.83. The molecule has 204 valence electrons. The third kappa shape index (κ3) is 6.78. The minimum absolute atomic E-state index is 0.165. The fraction of sp³-hybridized carbons (Fsp3) is 0.200. The molecule has 3 heterocycles. The number of nitrogens with one attached hydrogen (secondary N) is 2. The molecule has 5 rings (SSSR count). The van der Waals surface area contributed by atoms with E-state index in [0.717, 1.165) is 5.69 Å². The van der Waals surface area contributed by atoms with E-state index in [0.29, 0.717) is 67.0 Å². The molecule has 4 aromatic rings. The van der Waals surface area contributed by atoms with E-state index in [9.17, 15) is 14.0 Å². The Morgan fingerprint density at radius 1 is 0.950 bits per heavy atom. The molecule has 40 heavy (non-hydrogen) atoms. The van der Waals surface area contributed by atoms with E-state index in [4.69, 9.17) is 9.47 Å². The SMILES string of the molecule is Cc1ncc(NC(=O)c2cc(F)cc(N3CCOCC3)c2)cc1C(=O)Nc1ccc(OCc2ccccn2)cc1. The standard InChI is InChI=1S/C30H28FN5O4/c1-20-28(30(38)34-23-5-7-27(8-6-23)40-19-24-4-2-3-9-32-24)17-25(18-33-20)35-29(37)21-14-22(31)16-26(15-21)36-10-12-39-13-11-36/h2-9,14-18H,10-13,19H2,1H3,(H,34,38)(H,35,37). The first kappa shape index (κ1) is 26.8. The number of nitrogens with zero attached hydrogens (tertiary/aromatic N) is 3. The Kier molecular flexibility index (Phi) is 8.26. The van der Waals surface area contributed by atoms with Crippen LogP contribution in [-0.2, 0) is 11.3 Å². The Morgan fingerprint density at radius 3 is 2.48 bits per heavy atom. The molecule has 0 atom stereocenters. The van der Waals surface area contributed by atoms with Gasteiger partial charge in [-0.05, 0) is 67.6 Å². The van der Waals surface area contributed by atoms with Gasteiger partial charge in [-0.15, -0.1) is 0 Å². The number of pyridine rings is 2. The van der Waals surface area contributed by atoms with E-state index in [1.54, 1.807) is 49.5 Å². The normalized spacial score (nSPS) is 13.0. The van der Waals surface area contributed by atoms with Gasteiger partial charge in [-0.3, -0.25) is 19.6 Å². The van der Waals surface area contributed by atoms with E-state index in [-0.39, 0.29) is 11.5 Å². The molecule has 1 saturated heterocycles. The Morgan fingerprint density at radius 2 is 1.73 bits per heavy atom. The number of carbonyl (C=O) groups excluding carboxylic acids is 2. The molecule has 10 heteroatoms. The molecular weight excluding hydrogens is 513 g/mol. The van der Waals surface area contributed by atoms with Gasteiger partial charge in [0.15, 0.2) is 0 Å². The van der Waals surface area contributed by atoms with Crippen molar-refractivity contribution in [3.63, 3.8) is 0 Å². The maximum atomic E-state index is 14.3. The number of anilines is 3. The number of morpholine rings is 1. The largest absolute Gasteiger partial charge is 0.487 e. The molecule has 0 spiro atoms. The molecule has 0 bridgehead atoms. The van der Waals surface area contributed by atoms with Crippen molar-refractivity contribution in [2.24, 2.45) is 0 Å². The highest BCUT2D eigenvalue weighted by atomic mass is 19.1. The smallest absolute Gasteiger partial charge is 0.257 e. The quantitative estimate of drug-likeness (QED) is 0.329. The average molecular weight is 542 g/mol. The fourth-order valence-corrected chi connectivity index (χ4v) is 4.22. The highest BCUT2D eigenvalue weighted by Crippen LogP contribution is 2.22. The molecule has 1 aliphatic heterocycles. The third-order valence-corrected chi connectivity index (χ3v) is 6.34. The van der Waals surface area contributed by atoms with Crippen molar-refractivity contribution in [1.82, 2.24) is 9.97 Å². The summed E-state index contributed by atoms with van der Waals surface area (Å²) in [6, 6.07) is 18.4. The molecule has 1 fully saturated rings. The van der Waals surface area contributed by atoms with Gasteiger partial charge >= 0.3 is 0 Å². The van der Waals surface area contributed by atoms with Crippen LogP contribution in [0, 0.1) is 12.7 Å². The highest BCUT2D eigenvalue weighted by Gasteiger charge is 2.17. The molecular formula is C30H28FN5O4. The molecule has 0 unspecified atom stereocenters. The summed E-state index contributed by atoms with van der Waals surface area (Å²) in [4.78, 5) is 36.5. The molecule has 1 aliphatic rings. The van der Waals surface area contributed by atoms with Crippen molar-refractivity contribution in [1.29, 1.82) is 0 Å². The highest BCUT2D eigenvalue weighted by molar-refractivity contribution is 6.08. The Balaban J connectivity index is 1.23. The lowest BCUT2D eigenvalue weighted by molar-refractivity contribution is 0.101. The topological polar surface area (TPSA) is 106 Å². The predicted octanol–water partition coefficient (Wildman–Crippen LogP) is 4.84. The summed E-state index contributed by atoms with van der Waals surface area (Å²) >= 11 is 0. The lowest BCUT2D eigenvalue weighted by Gasteiger charge is -2.29. The summed E-state index contributed by atoms with van der Waals surface area (Å²) in [5, 5.41) is 5.56. The van der Waals surface area contributed by atoms with Gasteiger partial charge in [-0.25, -0.2) is 4.39 Å². The molecule has 2 aromatic carbocycles. The minimum Gasteiger partial charge on any atom is -0.487 e. The summed E-state index contributed by atoms with van der Waals surface area (Å²) in [7, 11) is 0. The number of ether oxygens (including phenoxy) is 2. The van der Waals surface area contributed by atoms with Gasteiger partial charge in [0, 0.05) is 36.2 Å². The number of aryl methyl sites for hydroxylation is 1. The lowest BCUT2D eigenvalue weighted by atomic mass is 10.1. The van der Waals surface area contributed by atoms with E-state index < -0.39 is 11.7 Å². The van der Waals surface area contributed by atoms with E-state index in [1.165, 1.54) is 18.3 Å². The minimum atomic E-state index is -0.510. The first-order valence-corrected chi connectivity index (χ1v) is 12.8. The number of aromatic nitrogens is 2. The summed E-state index contributed by atoms with van der Waals surface area (Å²) < 4.78 is 25.4. The van der Waals surface area contributed by atoms with Gasteiger partial charge in [0.2, 0.25) is 0 Å². The van der Waals surface area contributed by atoms with Crippen LogP contribution in [0.3, 0.4) is 0 Å². The first-order chi connectivity index (χ1) is 19.4. The zero-order valence-electron chi connectivity index (χ0n) is 21.9. The fourth-order valence-electron chi connectivity index (χ4n) is 4.22. The van der Waals surface area contributed by atoms with E-state index in [2.05, 4.69) is 20.6 Å². The number of carbonyl (C=O) groups is 2. The summed E-state index contributed by atoms with van der Waals surface area (Å²) in [6.45, 7) is 4.36. The maximum Gasteiger partial charge on any atom is 0.257 e. The molecule has 9 nitrogen and oxygen atoms in total. The van der Waals surface area contributed by atoms with Crippen LogP contribution < -0.4 is 20.3 Å². The average Bonchev–Trinajstić information content (AvgIpc) is 2.98. The van der Waals surface area contributed by atoms with Gasteiger partial charge in [0.25, 0.3) is 11.8 Å². The number of hydrogen-bond acceptors (Lipinski definition) is 7. The van der Waals surface area contributed by atoms with E-state index >= 15 is 0 Å². The third-order valence-electron chi connectivity index (χ3n) is 6.34. The Bertz CT molecular complexity index is 1490. The van der Waals surface area contributed by atoms with Gasteiger partial charge in [0.1, 0.15) is 18.2 Å². The summed E-state index contributed by atoms with van der Waals surface area (Å²) in [6.07, 6.45) is 3.17. The number of halogens is 1. The Labute approximate surface area is 231 Å². The zero-order chi connectivity index (χ0) is 27.9. The molecule has 0 aliphatic carbocycles. The second-order valence-electron chi connectivity index (χ2n) is 9.20. The molecule has 2 N–H and O–H groups in total. The van der Waals surface area contributed by atoms with E-state index in [1.807, 2.05) is 23.1 Å². The second kappa shape index (κ2) is 12.4. The monoisotopic (exact) mass is 541 g/mol. The maximum absolute atomic E-state index is 14.3. The summed E-state index contributed by atoms with van der Waals surface area (Å²) in [5.74, 6) is -0.763. The van der Waals surface area contributed by atoms with Crippen molar-refractivity contribution in [2.75, 3.05) is 41.8 Å². The first-order valence-electron chi connectivity index (χ1n) is 12.8. The van der Waals surface area contributed by atoms with Crippen LogP contribution in [0.15, 0.2) is 79.1 Å². The second-order valence-corrected chi connectivity index (χ2v) is 9.20. The van der Waals surface area contributed by atoms with Crippen molar-refractivity contribution in [2.45, 2.75) is 13.5 Å². The van der Waals surface area contributed by atoms with Crippen LogP contribution in [0.5, 0.6) is 5.75 Å². The number of amides is 2. The molecule has 2 aromatic heterocycles. The van der Waals surface area contributed by atoms with Crippen LogP contribution in [-0.4, -0.2) is 48.1 Å². The zero-order valence-corrected chi connectivity index (χ0v) is 21.9. The van der Waals surface area contributed by atoms with Crippen molar-refractivity contribution >= 4 is 28.9 Å². The van der Waals surface area contributed by atoms with Crippen LogP contribution >= 0.6 is 0 Å². The van der Waals surface area contributed by atoms with Crippen molar-refractivity contribution in [3.05, 3.63) is 107 Å².